The highest BCUT2D eigenvalue weighted by Gasteiger charge is 2.43. The summed E-state index contributed by atoms with van der Waals surface area (Å²) >= 11 is 0. The van der Waals surface area contributed by atoms with Gasteiger partial charge in [-0.3, -0.25) is 28.6 Å². The largest absolute Gasteiger partial charge is 0.744 e. The van der Waals surface area contributed by atoms with Crippen LogP contribution in [-0.2, 0) is 56.6 Å². The fourth-order valence-corrected chi connectivity index (χ4v) is 12.8. The molecule has 35 heteroatoms. The van der Waals surface area contributed by atoms with Crippen molar-refractivity contribution < 1.29 is 102 Å². The summed E-state index contributed by atoms with van der Waals surface area (Å²) in [6, 6.07) is 11.2. The second-order valence-corrected chi connectivity index (χ2v) is 24.2. The van der Waals surface area contributed by atoms with Gasteiger partial charge in [-0.05, 0) is 49.1 Å². The van der Waals surface area contributed by atoms with E-state index < -0.39 is 107 Å². The molecule has 30 nitrogen and oxygen atoms in total. The molecule has 412 valence electrons. The van der Waals surface area contributed by atoms with Crippen LogP contribution < -0.4 is 27.1 Å². The summed E-state index contributed by atoms with van der Waals surface area (Å²) in [6.45, 7) is 0.158. The molecule has 0 saturated carbocycles. The van der Waals surface area contributed by atoms with E-state index in [1.54, 1.807) is 12.1 Å². The minimum Gasteiger partial charge on any atom is -0.744 e. The molecule has 2 aromatic heterocycles. The highest BCUT2D eigenvalue weighted by atomic mass is 32.2. The number of ether oxygens (including phenoxy) is 1. The molecule has 2 aliphatic heterocycles. The van der Waals surface area contributed by atoms with E-state index in [1.165, 1.54) is 59.5 Å². The quantitative estimate of drug-likeness (QED) is 0.0134. The van der Waals surface area contributed by atoms with Crippen molar-refractivity contribution in [1.82, 2.24) is 29.7 Å². The van der Waals surface area contributed by atoms with Gasteiger partial charge in [-0.25, -0.2) is 37.1 Å². The van der Waals surface area contributed by atoms with Crippen molar-refractivity contribution in [2.24, 2.45) is 0 Å². The van der Waals surface area contributed by atoms with Crippen LogP contribution in [0.25, 0.3) is 44.6 Å². The average Bonchev–Trinajstić information content (AvgIpc) is 3.94. The van der Waals surface area contributed by atoms with Crippen molar-refractivity contribution in [3.8, 4) is 22.5 Å². The van der Waals surface area contributed by atoms with Gasteiger partial charge in [-0.15, -0.1) is 0 Å². The van der Waals surface area contributed by atoms with E-state index in [0.29, 0.717) is 42.9 Å². The zero-order valence-corrected chi connectivity index (χ0v) is 44.0. The van der Waals surface area contributed by atoms with E-state index in [9.17, 15) is 64.1 Å². The van der Waals surface area contributed by atoms with Gasteiger partial charge in [0.2, 0.25) is 16.2 Å². The number of hydrogen-bond donors (Lipinski definition) is 10. The Morgan fingerprint density at radius 3 is 2.33 bits per heavy atom. The molecule has 4 aromatic rings. The first-order valence-electron chi connectivity index (χ1n) is 22.5. The first kappa shape index (κ1) is 58.1. The number of carbonyl (C=O) groups excluding carboxylic acids is 2. The number of nitrogen functional groups attached to an aromatic ring is 1. The van der Waals surface area contributed by atoms with Gasteiger partial charge >= 0.3 is 33.6 Å². The summed E-state index contributed by atoms with van der Waals surface area (Å²) in [5.74, 6) is -0.970. The zero-order chi connectivity index (χ0) is 55.5. The first-order chi connectivity index (χ1) is 35.5. The van der Waals surface area contributed by atoms with Gasteiger partial charge in [0, 0.05) is 67.7 Å². The lowest BCUT2D eigenvalue weighted by Gasteiger charge is -2.23. The van der Waals surface area contributed by atoms with Gasteiger partial charge < -0.3 is 59.7 Å². The molecule has 0 spiro atoms. The van der Waals surface area contributed by atoms with Gasteiger partial charge in [-0.2, -0.15) is 17.0 Å². The Balaban J connectivity index is 0.869. The minimum absolute atomic E-state index is 0.00955. The maximum absolute atomic E-state index is 14.1. The molecule has 1 fully saturated rings. The predicted molar refractivity (Wildman–Crippen MR) is 261 cm³/mol. The van der Waals surface area contributed by atoms with Gasteiger partial charge in [0.15, 0.2) is 28.3 Å². The highest BCUT2D eigenvalue weighted by molar-refractivity contribution is 7.86. The lowest BCUT2D eigenvalue weighted by Crippen LogP contribution is -2.47. The van der Waals surface area contributed by atoms with Crippen molar-refractivity contribution in [3.05, 3.63) is 72.1 Å². The van der Waals surface area contributed by atoms with Gasteiger partial charge in [0.25, 0.3) is 5.91 Å². The molecular weight excluding hydrogens is 1110 g/mol. The highest BCUT2D eigenvalue weighted by Crippen LogP contribution is 2.66. The molecule has 2 amide bonds. The molecule has 3 aliphatic rings. The number of nitrogens with two attached hydrogens (primary N) is 2. The normalized spacial score (nSPS) is 17.9. The second kappa shape index (κ2) is 23.1. The SMILES string of the molecule is CN(CCCC(=O)NCCCCCCNc1ncnc2c1ncn2[C@H]1C[C@H](O)[C@@H](COP(=O)(O)OP(=O)(O)OP(=O)(O)O)O1)C(=O)c1ccccc1-c1c2ccc(=[NH2+])c(S(=O)(=O)O)c-2oc2c(S(=O)(=O)[O-])c(N)ccc12. The second-order valence-electron chi connectivity index (χ2n) is 17.1. The molecule has 5 atom stereocenters. The molecular formula is C41H50N9O21P3S2. The van der Waals surface area contributed by atoms with Crippen LogP contribution in [0.1, 0.15) is 61.5 Å². The third kappa shape index (κ3) is 13.9. The van der Waals surface area contributed by atoms with E-state index in [2.05, 4.69) is 38.7 Å². The number of nitrogens with zero attached hydrogens (tertiary/aromatic N) is 5. The van der Waals surface area contributed by atoms with Crippen LogP contribution in [0, 0.1) is 0 Å². The molecule has 76 heavy (non-hydrogen) atoms. The van der Waals surface area contributed by atoms with Crippen molar-refractivity contribution in [1.29, 1.82) is 0 Å². The van der Waals surface area contributed by atoms with Crippen LogP contribution >= 0.6 is 23.5 Å². The number of aliphatic hydroxyl groups is 1. The number of phosphoric ester groups is 1. The molecule has 12 N–H and O–H groups in total. The van der Waals surface area contributed by atoms with E-state index in [0.717, 1.165) is 18.9 Å². The van der Waals surface area contributed by atoms with Crippen LogP contribution in [0.2, 0.25) is 0 Å². The third-order valence-corrected chi connectivity index (χ3v) is 17.3. The molecule has 0 radical (unpaired) electrons. The zero-order valence-electron chi connectivity index (χ0n) is 39.6. The number of hydrogen-bond acceptors (Lipinski definition) is 21. The molecule has 2 unspecified atom stereocenters. The Morgan fingerprint density at radius 2 is 1.63 bits per heavy atom. The topological polar surface area (TPSA) is 471 Å². The molecule has 1 saturated heterocycles. The predicted octanol–water partition coefficient (Wildman–Crippen LogP) is 1.37. The number of carbonyl (C=O) groups is 2. The maximum Gasteiger partial charge on any atom is 0.490 e. The number of aromatic nitrogens is 4. The minimum atomic E-state index is -5.74. The monoisotopic (exact) mass is 1160 g/mol. The summed E-state index contributed by atoms with van der Waals surface area (Å²) in [4.78, 5) is 75.7. The Morgan fingerprint density at radius 1 is 0.921 bits per heavy atom. The van der Waals surface area contributed by atoms with Crippen LogP contribution in [0.4, 0.5) is 11.5 Å². The Hall–Kier alpha value is -5.63. The van der Waals surface area contributed by atoms with E-state index >= 15 is 0 Å². The van der Waals surface area contributed by atoms with Gasteiger partial charge in [-0.1, -0.05) is 31.0 Å². The van der Waals surface area contributed by atoms with Crippen molar-refractivity contribution in [3.63, 3.8) is 0 Å². The summed E-state index contributed by atoms with van der Waals surface area (Å²) in [5, 5.41) is 22.1. The fourth-order valence-electron chi connectivity index (χ4n) is 8.31. The van der Waals surface area contributed by atoms with Crippen LogP contribution in [-0.4, -0.2) is 132 Å². The van der Waals surface area contributed by atoms with Crippen LogP contribution in [0.5, 0.6) is 0 Å². The third-order valence-electron chi connectivity index (χ3n) is 11.6. The smallest absolute Gasteiger partial charge is 0.490 e. The number of anilines is 2. The summed E-state index contributed by atoms with van der Waals surface area (Å²) in [5.41, 5.74) is 5.75. The fraction of sp³-hybridized carbons (Fsp3) is 0.366. The molecule has 2 aromatic carbocycles. The Labute approximate surface area is 431 Å². The van der Waals surface area contributed by atoms with Crippen molar-refractivity contribution in [2.75, 3.05) is 44.3 Å². The number of unbranched alkanes of at least 4 members (excludes halogenated alkanes) is 3. The number of imidazole rings is 1. The standard InChI is InChI=1S/C41H50N9O21P3S2/c1-49(41(53)24-10-5-4-9-23(24)33-25-12-14-27(42)37(75(61,62)63)35(25)69-36-26(33)13-15-28(43)38(36)76(64,65)66)18-8-11-31(52)44-16-6-2-3-7-17-45-39-34-40(47-21-46-39)50(22-48-34)32-19-29(51)30(68-32)20-67-73(57,58)71-74(59,60)70-72(54,55)56/h4-5,9-10,12-15,21-22,29-30,32,42,51H,2-3,6-8,11,16-20,43H2,1H3,(H,44,52)(H,57,58)(H,59,60)(H,45,46,47)(H2,54,55,56)(H,61,62,63)(H,64,65,66)/t29-,30+,32+/m0/s1. The number of fused-ring (bicyclic) bond motifs is 3. The molecule has 1 aliphatic carbocycles. The van der Waals surface area contributed by atoms with Gasteiger partial charge in [0.1, 0.15) is 33.7 Å². The van der Waals surface area contributed by atoms with Gasteiger partial charge in [0.05, 0.1) is 24.7 Å². The van der Waals surface area contributed by atoms with E-state index in [1.807, 2.05) is 0 Å². The Kier molecular flexibility index (Phi) is 17.7. The Bertz CT molecular complexity index is 3600. The van der Waals surface area contributed by atoms with Crippen LogP contribution in [0.3, 0.4) is 0 Å². The van der Waals surface area contributed by atoms with Crippen molar-refractivity contribution >= 4 is 89.2 Å². The number of benzene rings is 3. The number of amides is 2. The number of rotatable bonds is 24. The van der Waals surface area contributed by atoms with Crippen LogP contribution in [0.15, 0.2) is 75.4 Å². The summed E-state index contributed by atoms with van der Waals surface area (Å²) in [7, 11) is -25.7. The summed E-state index contributed by atoms with van der Waals surface area (Å²) in [6.07, 6.45) is 2.40. The average molecular weight is 1160 g/mol. The number of phosphoric acid groups is 3. The van der Waals surface area contributed by atoms with E-state index in [-0.39, 0.29) is 59.4 Å². The first-order valence-corrected chi connectivity index (χ1v) is 29.9. The number of nitrogens with one attached hydrogen (secondary N) is 2. The van der Waals surface area contributed by atoms with E-state index in [4.69, 9.17) is 30.1 Å². The number of aliphatic hydroxyl groups excluding tert-OH is 1. The lowest BCUT2D eigenvalue weighted by molar-refractivity contribution is -0.176. The molecule has 7 rings (SSSR count). The lowest BCUT2D eigenvalue weighted by atomic mass is 9.90. The molecule has 0 bridgehead atoms. The van der Waals surface area contributed by atoms with Crippen molar-refractivity contribution in [2.45, 2.75) is 73.2 Å². The maximum atomic E-state index is 14.1. The summed E-state index contributed by atoms with van der Waals surface area (Å²) < 4.78 is 132. The molecule has 4 heterocycles.